The maximum atomic E-state index is 12.1. The molecular weight excluding hydrogens is 310 g/mol. The Kier molecular flexibility index (Phi) is 5.55. The number of thiophene rings is 1. The molecule has 0 bridgehead atoms. The molecule has 4 nitrogen and oxygen atoms in total. The van der Waals surface area contributed by atoms with Gasteiger partial charge in [0.1, 0.15) is 0 Å². The van der Waals surface area contributed by atoms with E-state index in [9.17, 15) is 9.59 Å². The van der Waals surface area contributed by atoms with Gasteiger partial charge >= 0.3 is 5.97 Å². The minimum atomic E-state index is -0.826. The first kappa shape index (κ1) is 17.2. The zero-order valence-corrected chi connectivity index (χ0v) is 14.6. The van der Waals surface area contributed by atoms with Gasteiger partial charge in [-0.1, -0.05) is 29.8 Å². The van der Waals surface area contributed by atoms with Crippen LogP contribution in [0.4, 0.5) is 0 Å². The van der Waals surface area contributed by atoms with Crippen molar-refractivity contribution in [3.63, 3.8) is 0 Å². The van der Waals surface area contributed by atoms with Crippen molar-refractivity contribution in [1.29, 1.82) is 0 Å². The summed E-state index contributed by atoms with van der Waals surface area (Å²) in [5.74, 6) is -0.756. The van der Waals surface area contributed by atoms with Crippen LogP contribution in [0.2, 0.25) is 0 Å². The van der Waals surface area contributed by atoms with Crippen molar-refractivity contribution in [1.82, 2.24) is 5.32 Å². The number of hydrogen-bond acceptors (Lipinski definition) is 4. The second-order valence-corrected chi connectivity index (χ2v) is 7.04. The van der Waals surface area contributed by atoms with E-state index < -0.39 is 12.1 Å². The van der Waals surface area contributed by atoms with Crippen LogP contribution in [-0.2, 0) is 16.1 Å². The summed E-state index contributed by atoms with van der Waals surface area (Å²) >= 11 is 1.54. The average Bonchev–Trinajstić information content (AvgIpc) is 2.85. The van der Waals surface area contributed by atoms with Crippen LogP contribution in [-0.4, -0.2) is 18.0 Å². The second-order valence-electron chi connectivity index (χ2n) is 5.58. The van der Waals surface area contributed by atoms with E-state index in [4.69, 9.17) is 4.74 Å². The lowest BCUT2D eigenvalue weighted by atomic mass is 10.1. The highest BCUT2D eigenvalue weighted by molar-refractivity contribution is 7.12. The predicted octanol–water partition coefficient (Wildman–Crippen LogP) is 3.54. The predicted molar refractivity (Wildman–Crippen MR) is 91.7 cm³/mol. The molecule has 23 heavy (non-hydrogen) atoms. The Hall–Kier alpha value is -2.14. The van der Waals surface area contributed by atoms with Gasteiger partial charge in [0.05, 0.1) is 5.56 Å². The third-order valence-corrected chi connectivity index (χ3v) is 4.47. The maximum Gasteiger partial charge on any atom is 0.340 e. The molecule has 1 amide bonds. The average molecular weight is 331 g/mol. The molecular formula is C18H21NO3S. The summed E-state index contributed by atoms with van der Waals surface area (Å²) in [5.41, 5.74) is 2.71. The van der Waals surface area contributed by atoms with Gasteiger partial charge in [0.2, 0.25) is 0 Å². The summed E-state index contributed by atoms with van der Waals surface area (Å²) < 4.78 is 5.26. The SMILES string of the molecule is Cc1ccc(CNC(=O)[C@H](C)OC(=O)c2cc(C)sc2C)cc1. The second kappa shape index (κ2) is 7.42. The van der Waals surface area contributed by atoms with E-state index in [1.54, 1.807) is 24.3 Å². The van der Waals surface area contributed by atoms with E-state index in [0.29, 0.717) is 12.1 Å². The lowest BCUT2D eigenvalue weighted by molar-refractivity contribution is -0.129. The standard InChI is InChI=1S/C18H21NO3S/c1-11-5-7-15(8-6-11)10-19-17(20)13(3)22-18(21)16-9-12(2)23-14(16)4/h5-9,13H,10H2,1-4H3,(H,19,20)/t13-/m0/s1. The van der Waals surface area contributed by atoms with Crippen LogP contribution in [0.3, 0.4) is 0 Å². The van der Waals surface area contributed by atoms with E-state index >= 15 is 0 Å². The van der Waals surface area contributed by atoms with Crippen molar-refractivity contribution < 1.29 is 14.3 Å². The first-order valence-electron chi connectivity index (χ1n) is 7.48. The Bertz CT molecular complexity index is 704. The number of benzene rings is 1. The van der Waals surface area contributed by atoms with E-state index in [-0.39, 0.29) is 5.91 Å². The van der Waals surface area contributed by atoms with E-state index in [1.165, 1.54) is 5.56 Å². The minimum Gasteiger partial charge on any atom is -0.449 e. The van der Waals surface area contributed by atoms with Crippen LogP contribution >= 0.6 is 11.3 Å². The van der Waals surface area contributed by atoms with Crippen LogP contribution in [0.25, 0.3) is 0 Å². The highest BCUT2D eigenvalue weighted by atomic mass is 32.1. The lowest BCUT2D eigenvalue weighted by Crippen LogP contribution is -2.35. The zero-order chi connectivity index (χ0) is 17.0. The topological polar surface area (TPSA) is 55.4 Å². The molecule has 2 aromatic rings. The molecule has 0 unspecified atom stereocenters. The fourth-order valence-corrected chi connectivity index (χ4v) is 3.06. The molecule has 122 valence electrons. The molecule has 1 heterocycles. The number of amides is 1. The van der Waals surface area contributed by atoms with Gasteiger partial charge in [0.15, 0.2) is 6.10 Å². The fraction of sp³-hybridized carbons (Fsp3) is 0.333. The number of nitrogens with one attached hydrogen (secondary N) is 1. The zero-order valence-electron chi connectivity index (χ0n) is 13.8. The third-order valence-electron chi connectivity index (χ3n) is 3.50. The van der Waals surface area contributed by atoms with E-state index in [2.05, 4.69) is 5.32 Å². The highest BCUT2D eigenvalue weighted by Gasteiger charge is 2.20. The highest BCUT2D eigenvalue weighted by Crippen LogP contribution is 2.21. The van der Waals surface area contributed by atoms with Crippen molar-refractivity contribution in [2.45, 2.75) is 40.3 Å². The molecule has 0 aliphatic carbocycles. The number of carbonyl (C=O) groups is 2. The molecule has 0 aliphatic rings. The fourth-order valence-electron chi connectivity index (χ4n) is 2.15. The van der Waals surface area contributed by atoms with Crippen LogP contribution < -0.4 is 5.32 Å². The molecule has 0 saturated carbocycles. The summed E-state index contributed by atoms with van der Waals surface area (Å²) in [6.07, 6.45) is -0.826. The Labute approximate surface area is 140 Å². The van der Waals surface area contributed by atoms with Crippen LogP contribution in [0, 0.1) is 20.8 Å². The van der Waals surface area contributed by atoms with Gasteiger partial charge in [0, 0.05) is 16.3 Å². The number of ether oxygens (including phenoxy) is 1. The molecule has 1 N–H and O–H groups in total. The maximum absolute atomic E-state index is 12.1. The Balaban J connectivity index is 1.88. The van der Waals surface area contributed by atoms with Crippen molar-refractivity contribution in [2.24, 2.45) is 0 Å². The summed E-state index contributed by atoms with van der Waals surface area (Å²) in [7, 11) is 0. The van der Waals surface area contributed by atoms with Crippen LogP contribution in [0.15, 0.2) is 30.3 Å². The molecule has 0 spiro atoms. The number of rotatable bonds is 5. The quantitative estimate of drug-likeness (QED) is 0.853. The van der Waals surface area contributed by atoms with Gasteiger partial charge < -0.3 is 10.1 Å². The van der Waals surface area contributed by atoms with E-state index in [0.717, 1.165) is 15.3 Å². The van der Waals surface area contributed by atoms with Gasteiger partial charge in [-0.3, -0.25) is 4.79 Å². The Morgan fingerprint density at radius 1 is 1.17 bits per heavy atom. The van der Waals surface area contributed by atoms with Crippen molar-refractivity contribution >= 4 is 23.2 Å². The third kappa shape index (κ3) is 4.66. The lowest BCUT2D eigenvalue weighted by Gasteiger charge is -2.13. The summed E-state index contributed by atoms with van der Waals surface area (Å²) in [6, 6.07) is 9.70. The van der Waals surface area contributed by atoms with Crippen molar-refractivity contribution in [3.05, 3.63) is 56.8 Å². The van der Waals surface area contributed by atoms with Gasteiger partial charge in [0.25, 0.3) is 5.91 Å². The van der Waals surface area contributed by atoms with Gasteiger partial charge in [-0.25, -0.2) is 4.79 Å². The molecule has 1 aromatic carbocycles. The number of carbonyl (C=O) groups excluding carboxylic acids is 2. The minimum absolute atomic E-state index is 0.302. The first-order chi connectivity index (χ1) is 10.9. The van der Waals surface area contributed by atoms with E-state index in [1.807, 2.05) is 45.0 Å². The van der Waals surface area contributed by atoms with Crippen molar-refractivity contribution in [2.75, 3.05) is 0 Å². The van der Waals surface area contributed by atoms with Crippen LogP contribution in [0.5, 0.6) is 0 Å². The Morgan fingerprint density at radius 3 is 2.39 bits per heavy atom. The molecule has 1 aromatic heterocycles. The molecule has 2 rings (SSSR count). The molecule has 1 atom stereocenters. The van der Waals surface area contributed by atoms with Crippen LogP contribution in [0.1, 0.15) is 38.2 Å². The number of esters is 1. The summed E-state index contributed by atoms with van der Waals surface area (Å²) in [4.78, 5) is 26.1. The Morgan fingerprint density at radius 2 is 1.83 bits per heavy atom. The molecule has 0 radical (unpaired) electrons. The largest absolute Gasteiger partial charge is 0.449 e. The number of hydrogen-bond donors (Lipinski definition) is 1. The monoisotopic (exact) mass is 331 g/mol. The first-order valence-corrected chi connectivity index (χ1v) is 8.29. The molecule has 5 heteroatoms. The smallest absolute Gasteiger partial charge is 0.340 e. The molecule has 0 saturated heterocycles. The number of aryl methyl sites for hydroxylation is 3. The van der Waals surface area contributed by atoms with Gasteiger partial charge in [-0.05, 0) is 39.3 Å². The van der Waals surface area contributed by atoms with Crippen molar-refractivity contribution in [3.8, 4) is 0 Å². The molecule has 0 aliphatic heterocycles. The molecule has 0 fully saturated rings. The summed E-state index contributed by atoms with van der Waals surface area (Å²) in [6.45, 7) is 7.81. The normalized spacial score (nSPS) is 11.8. The van der Waals surface area contributed by atoms with Gasteiger partial charge in [-0.15, -0.1) is 11.3 Å². The van der Waals surface area contributed by atoms with Gasteiger partial charge in [-0.2, -0.15) is 0 Å². The summed E-state index contributed by atoms with van der Waals surface area (Å²) in [5, 5.41) is 2.78.